The van der Waals surface area contributed by atoms with Gasteiger partial charge in [0, 0.05) is 32.7 Å². The average Bonchev–Trinajstić information content (AvgIpc) is 3.22. The number of anilines is 1. The van der Waals surface area contributed by atoms with Crippen molar-refractivity contribution in [1.29, 1.82) is 0 Å². The van der Waals surface area contributed by atoms with Crippen molar-refractivity contribution in [3.05, 3.63) is 83.6 Å². The fourth-order valence-electron chi connectivity index (χ4n) is 3.45. The molecule has 2 heterocycles. The number of benzene rings is 2. The molecule has 1 fully saturated rings. The van der Waals surface area contributed by atoms with Gasteiger partial charge in [-0.25, -0.2) is 13.8 Å². The van der Waals surface area contributed by atoms with Crippen molar-refractivity contribution >= 4 is 11.6 Å². The van der Waals surface area contributed by atoms with E-state index in [0.717, 1.165) is 13.1 Å². The maximum absolute atomic E-state index is 14.0. The third-order valence-electron chi connectivity index (χ3n) is 5.05. The molecule has 2 aromatic carbocycles. The molecule has 6 nitrogen and oxygen atoms in total. The van der Waals surface area contributed by atoms with Gasteiger partial charge in [0.2, 0.25) is 5.89 Å². The van der Waals surface area contributed by atoms with Crippen LogP contribution in [0.3, 0.4) is 0 Å². The van der Waals surface area contributed by atoms with Crippen molar-refractivity contribution in [3.63, 3.8) is 0 Å². The number of halogens is 2. The number of hydrogen-bond acceptors (Lipinski definition) is 5. The number of nitrogens with zero attached hydrogens (tertiary/aromatic N) is 3. The van der Waals surface area contributed by atoms with Gasteiger partial charge in [-0.05, 0) is 29.8 Å². The predicted molar refractivity (Wildman–Crippen MR) is 108 cm³/mol. The van der Waals surface area contributed by atoms with E-state index in [0.29, 0.717) is 36.8 Å². The normalized spacial score (nSPS) is 14.7. The lowest BCUT2D eigenvalue weighted by atomic mass is 10.2. The van der Waals surface area contributed by atoms with Gasteiger partial charge in [0.25, 0.3) is 5.91 Å². The molecule has 30 heavy (non-hydrogen) atoms. The minimum atomic E-state index is -0.376. The van der Waals surface area contributed by atoms with E-state index < -0.39 is 0 Å². The molecule has 1 aromatic heterocycles. The SMILES string of the molecule is O=C(NCc1cccc(F)c1)c1coc(CN2CCN(c3ccccc3F)CC2)n1. The van der Waals surface area contributed by atoms with E-state index in [2.05, 4.69) is 15.2 Å². The van der Waals surface area contributed by atoms with E-state index in [-0.39, 0.29) is 29.8 Å². The lowest BCUT2D eigenvalue weighted by Gasteiger charge is -2.35. The smallest absolute Gasteiger partial charge is 0.273 e. The minimum Gasteiger partial charge on any atom is -0.447 e. The molecule has 1 aliphatic rings. The molecule has 1 N–H and O–H groups in total. The Morgan fingerprint density at radius 1 is 1.07 bits per heavy atom. The summed E-state index contributed by atoms with van der Waals surface area (Å²) < 4.78 is 32.6. The monoisotopic (exact) mass is 412 g/mol. The van der Waals surface area contributed by atoms with Crippen LogP contribution in [0.2, 0.25) is 0 Å². The molecular weight excluding hydrogens is 390 g/mol. The fourth-order valence-corrected chi connectivity index (χ4v) is 3.45. The summed E-state index contributed by atoms with van der Waals surface area (Å²) >= 11 is 0. The third kappa shape index (κ3) is 4.83. The molecule has 0 bridgehead atoms. The molecular formula is C22H22F2N4O2. The summed E-state index contributed by atoms with van der Waals surface area (Å²) in [6.45, 7) is 3.54. The molecule has 156 valence electrons. The number of rotatable bonds is 6. The van der Waals surface area contributed by atoms with Gasteiger partial charge < -0.3 is 14.6 Å². The Kier molecular flexibility index (Phi) is 6.04. The molecule has 0 atom stereocenters. The molecule has 0 radical (unpaired) electrons. The lowest BCUT2D eigenvalue weighted by molar-refractivity contribution is 0.0945. The first-order chi connectivity index (χ1) is 14.6. The van der Waals surface area contributed by atoms with Gasteiger partial charge in [-0.15, -0.1) is 0 Å². The number of para-hydroxylation sites is 1. The van der Waals surface area contributed by atoms with Gasteiger partial charge in [-0.3, -0.25) is 9.69 Å². The molecule has 0 aliphatic carbocycles. The summed E-state index contributed by atoms with van der Waals surface area (Å²) in [5.74, 6) is -0.489. The molecule has 0 saturated carbocycles. The molecule has 1 amide bonds. The summed E-state index contributed by atoms with van der Waals surface area (Å²) in [5, 5.41) is 2.70. The highest BCUT2D eigenvalue weighted by molar-refractivity contribution is 5.91. The maximum Gasteiger partial charge on any atom is 0.273 e. The van der Waals surface area contributed by atoms with E-state index in [4.69, 9.17) is 4.42 Å². The Bertz CT molecular complexity index is 1020. The highest BCUT2D eigenvalue weighted by Crippen LogP contribution is 2.20. The number of carbonyl (C=O) groups excluding carboxylic acids is 1. The van der Waals surface area contributed by atoms with Crippen molar-refractivity contribution in [2.45, 2.75) is 13.1 Å². The first kappa shape index (κ1) is 20.0. The second-order valence-electron chi connectivity index (χ2n) is 7.15. The van der Waals surface area contributed by atoms with Crippen molar-refractivity contribution in [2.24, 2.45) is 0 Å². The summed E-state index contributed by atoms with van der Waals surface area (Å²) in [5.41, 5.74) is 1.47. The zero-order valence-electron chi connectivity index (χ0n) is 16.4. The zero-order valence-corrected chi connectivity index (χ0v) is 16.4. The van der Waals surface area contributed by atoms with Gasteiger partial charge in [0.15, 0.2) is 5.69 Å². The average molecular weight is 412 g/mol. The van der Waals surface area contributed by atoms with Crippen LogP contribution in [0.5, 0.6) is 0 Å². The Morgan fingerprint density at radius 3 is 2.63 bits per heavy atom. The first-order valence-corrected chi connectivity index (χ1v) is 9.77. The summed E-state index contributed by atoms with van der Waals surface area (Å²) in [6.07, 6.45) is 1.33. The number of aromatic nitrogens is 1. The maximum atomic E-state index is 14.0. The lowest BCUT2D eigenvalue weighted by Crippen LogP contribution is -2.46. The van der Waals surface area contributed by atoms with E-state index in [1.807, 2.05) is 11.0 Å². The van der Waals surface area contributed by atoms with Crippen LogP contribution in [0.25, 0.3) is 0 Å². The molecule has 1 aliphatic heterocycles. The van der Waals surface area contributed by atoms with E-state index >= 15 is 0 Å². The minimum absolute atomic E-state index is 0.186. The zero-order chi connectivity index (χ0) is 20.9. The van der Waals surface area contributed by atoms with Crippen molar-refractivity contribution < 1.29 is 18.0 Å². The van der Waals surface area contributed by atoms with E-state index in [1.54, 1.807) is 24.3 Å². The number of carbonyl (C=O) groups is 1. The van der Waals surface area contributed by atoms with Crippen LogP contribution < -0.4 is 10.2 Å². The summed E-state index contributed by atoms with van der Waals surface area (Å²) in [7, 11) is 0. The number of hydrogen-bond donors (Lipinski definition) is 1. The molecule has 0 spiro atoms. The topological polar surface area (TPSA) is 61.6 Å². The van der Waals surface area contributed by atoms with Crippen molar-refractivity contribution in [1.82, 2.24) is 15.2 Å². The Hall–Kier alpha value is -3.26. The van der Waals surface area contributed by atoms with E-state index in [1.165, 1.54) is 24.5 Å². The third-order valence-corrected chi connectivity index (χ3v) is 5.05. The predicted octanol–water partition coefficient (Wildman–Crippen LogP) is 3.21. The first-order valence-electron chi connectivity index (χ1n) is 9.77. The van der Waals surface area contributed by atoms with Crippen LogP contribution >= 0.6 is 0 Å². The molecule has 3 aromatic rings. The number of nitrogens with one attached hydrogen (secondary N) is 1. The Morgan fingerprint density at radius 2 is 1.87 bits per heavy atom. The van der Waals surface area contributed by atoms with Gasteiger partial charge in [0.05, 0.1) is 12.2 Å². The van der Waals surface area contributed by atoms with Crippen LogP contribution in [0.4, 0.5) is 14.5 Å². The number of amides is 1. The molecule has 0 unspecified atom stereocenters. The quantitative estimate of drug-likeness (QED) is 0.674. The van der Waals surface area contributed by atoms with Gasteiger partial charge in [-0.2, -0.15) is 0 Å². The van der Waals surface area contributed by atoms with Gasteiger partial charge in [0.1, 0.15) is 17.9 Å². The van der Waals surface area contributed by atoms with Crippen molar-refractivity contribution in [2.75, 3.05) is 31.1 Å². The van der Waals surface area contributed by atoms with Crippen molar-refractivity contribution in [3.8, 4) is 0 Å². The molecule has 4 rings (SSSR count). The van der Waals surface area contributed by atoms with Crippen LogP contribution in [-0.4, -0.2) is 42.0 Å². The Labute approximate surface area is 173 Å². The number of piperazine rings is 1. The van der Waals surface area contributed by atoms with E-state index in [9.17, 15) is 13.6 Å². The highest BCUT2D eigenvalue weighted by Gasteiger charge is 2.21. The second-order valence-corrected chi connectivity index (χ2v) is 7.15. The highest BCUT2D eigenvalue weighted by atomic mass is 19.1. The Balaban J connectivity index is 1.27. The summed E-state index contributed by atoms with van der Waals surface area (Å²) in [6, 6.07) is 12.8. The van der Waals surface area contributed by atoms with Crippen LogP contribution in [0, 0.1) is 11.6 Å². The van der Waals surface area contributed by atoms with Gasteiger partial charge >= 0.3 is 0 Å². The molecule has 1 saturated heterocycles. The van der Waals surface area contributed by atoms with Gasteiger partial charge in [-0.1, -0.05) is 24.3 Å². The van der Waals surface area contributed by atoms with Crippen LogP contribution in [0.1, 0.15) is 21.9 Å². The standard InChI is InChI=1S/C22H22F2N4O2/c23-17-5-3-4-16(12-17)13-25-22(29)19-15-30-21(26-19)14-27-8-10-28(11-9-27)20-7-2-1-6-18(20)24/h1-7,12,15H,8-11,13-14H2,(H,25,29). The molecule has 8 heteroatoms. The van der Waals surface area contributed by atoms with Crippen LogP contribution in [0.15, 0.2) is 59.2 Å². The largest absolute Gasteiger partial charge is 0.447 e. The second kappa shape index (κ2) is 9.04. The number of oxazole rings is 1. The summed E-state index contributed by atoms with van der Waals surface area (Å²) in [4.78, 5) is 20.7. The van der Waals surface area contributed by atoms with Crippen LogP contribution in [-0.2, 0) is 13.1 Å². The fraction of sp³-hybridized carbons (Fsp3) is 0.273.